The summed E-state index contributed by atoms with van der Waals surface area (Å²) in [5.74, 6) is 0. The minimum absolute atomic E-state index is 0.128. The SMILES string of the molecule is CNc1ccncc1S(=O)(=O)NC(C)c1ccncc1. The summed E-state index contributed by atoms with van der Waals surface area (Å²) in [6.07, 6.45) is 6.12. The molecule has 0 aliphatic carbocycles. The van der Waals surface area contributed by atoms with Crippen molar-refractivity contribution < 1.29 is 8.42 Å². The van der Waals surface area contributed by atoms with Crippen molar-refractivity contribution in [2.75, 3.05) is 12.4 Å². The lowest BCUT2D eigenvalue weighted by atomic mass is 10.1. The van der Waals surface area contributed by atoms with E-state index in [1.54, 1.807) is 44.6 Å². The third-order valence-corrected chi connectivity index (χ3v) is 4.45. The zero-order chi connectivity index (χ0) is 14.6. The zero-order valence-electron chi connectivity index (χ0n) is 11.2. The number of aromatic nitrogens is 2. The van der Waals surface area contributed by atoms with Crippen LogP contribution in [0.4, 0.5) is 5.69 Å². The molecule has 0 aromatic carbocycles. The summed E-state index contributed by atoms with van der Waals surface area (Å²) in [7, 11) is -1.98. The molecule has 0 aliphatic rings. The summed E-state index contributed by atoms with van der Waals surface area (Å²) in [4.78, 5) is 7.91. The highest BCUT2D eigenvalue weighted by Gasteiger charge is 2.21. The van der Waals surface area contributed by atoms with Gasteiger partial charge in [0.15, 0.2) is 0 Å². The van der Waals surface area contributed by atoms with E-state index in [0.29, 0.717) is 5.69 Å². The Bertz CT molecular complexity index is 674. The average Bonchev–Trinajstić information content (AvgIpc) is 2.47. The minimum atomic E-state index is -3.65. The van der Waals surface area contributed by atoms with Crippen LogP contribution in [0, 0.1) is 0 Å². The van der Waals surface area contributed by atoms with Gasteiger partial charge in [0, 0.05) is 37.9 Å². The van der Waals surface area contributed by atoms with Crippen molar-refractivity contribution >= 4 is 15.7 Å². The van der Waals surface area contributed by atoms with Crippen LogP contribution in [0.1, 0.15) is 18.5 Å². The molecule has 1 atom stereocenters. The molecule has 20 heavy (non-hydrogen) atoms. The van der Waals surface area contributed by atoms with E-state index in [0.717, 1.165) is 5.56 Å². The lowest BCUT2D eigenvalue weighted by Gasteiger charge is -2.16. The monoisotopic (exact) mass is 292 g/mol. The molecule has 1 unspecified atom stereocenters. The van der Waals surface area contributed by atoms with Gasteiger partial charge in [0.2, 0.25) is 10.0 Å². The predicted molar refractivity (Wildman–Crippen MR) is 76.8 cm³/mol. The van der Waals surface area contributed by atoms with Gasteiger partial charge < -0.3 is 5.32 Å². The fraction of sp³-hybridized carbons (Fsp3) is 0.231. The van der Waals surface area contributed by atoms with Crippen LogP contribution in [0.25, 0.3) is 0 Å². The fourth-order valence-corrected chi connectivity index (χ4v) is 3.20. The van der Waals surface area contributed by atoms with Crippen molar-refractivity contribution in [3.8, 4) is 0 Å². The lowest BCUT2D eigenvalue weighted by Crippen LogP contribution is -2.27. The number of hydrogen-bond acceptors (Lipinski definition) is 5. The molecule has 0 saturated heterocycles. The molecule has 0 amide bonds. The molecule has 2 aromatic heterocycles. The Morgan fingerprint density at radius 3 is 2.40 bits per heavy atom. The second-order valence-corrected chi connectivity index (χ2v) is 5.93. The molecule has 2 rings (SSSR count). The maximum Gasteiger partial charge on any atom is 0.244 e. The van der Waals surface area contributed by atoms with Crippen molar-refractivity contribution in [3.05, 3.63) is 48.5 Å². The van der Waals surface area contributed by atoms with Crippen LogP contribution in [0.2, 0.25) is 0 Å². The Labute approximate surface area is 118 Å². The van der Waals surface area contributed by atoms with Gasteiger partial charge in [-0.15, -0.1) is 0 Å². The third-order valence-electron chi connectivity index (χ3n) is 2.88. The second kappa shape index (κ2) is 5.98. The van der Waals surface area contributed by atoms with Gasteiger partial charge in [-0.3, -0.25) is 9.97 Å². The third kappa shape index (κ3) is 3.12. The molecule has 2 aromatic rings. The smallest absolute Gasteiger partial charge is 0.244 e. The number of nitrogens with zero attached hydrogens (tertiary/aromatic N) is 2. The van der Waals surface area contributed by atoms with E-state index in [-0.39, 0.29) is 10.9 Å². The molecular weight excluding hydrogens is 276 g/mol. The first kappa shape index (κ1) is 14.4. The quantitative estimate of drug-likeness (QED) is 0.873. The van der Waals surface area contributed by atoms with Crippen molar-refractivity contribution in [1.29, 1.82) is 0 Å². The maximum absolute atomic E-state index is 12.4. The van der Waals surface area contributed by atoms with Crippen LogP contribution in [0.15, 0.2) is 47.9 Å². The van der Waals surface area contributed by atoms with Crippen molar-refractivity contribution in [1.82, 2.24) is 14.7 Å². The first-order valence-electron chi connectivity index (χ1n) is 6.08. The lowest BCUT2D eigenvalue weighted by molar-refractivity contribution is 0.566. The van der Waals surface area contributed by atoms with Gasteiger partial charge in [-0.1, -0.05) is 0 Å². The molecule has 0 spiro atoms. The summed E-state index contributed by atoms with van der Waals surface area (Å²) in [6, 6.07) is 4.81. The number of anilines is 1. The fourth-order valence-electron chi connectivity index (χ4n) is 1.82. The molecule has 0 aliphatic heterocycles. The molecule has 0 bridgehead atoms. The Morgan fingerprint density at radius 1 is 1.10 bits per heavy atom. The van der Waals surface area contributed by atoms with Crippen LogP contribution >= 0.6 is 0 Å². The summed E-state index contributed by atoms with van der Waals surface area (Å²) in [6.45, 7) is 1.78. The molecule has 2 heterocycles. The Kier molecular flexibility index (Phi) is 4.31. The summed E-state index contributed by atoms with van der Waals surface area (Å²) >= 11 is 0. The molecular formula is C13H16N4O2S. The summed E-state index contributed by atoms with van der Waals surface area (Å²) < 4.78 is 27.4. The van der Waals surface area contributed by atoms with E-state index in [9.17, 15) is 8.42 Å². The van der Waals surface area contributed by atoms with E-state index in [1.165, 1.54) is 12.4 Å². The first-order valence-corrected chi connectivity index (χ1v) is 7.57. The van der Waals surface area contributed by atoms with Gasteiger partial charge in [-0.2, -0.15) is 0 Å². The van der Waals surface area contributed by atoms with Crippen molar-refractivity contribution in [2.24, 2.45) is 0 Å². The first-order chi connectivity index (χ1) is 9.54. The molecule has 0 fully saturated rings. The van der Waals surface area contributed by atoms with Gasteiger partial charge in [0.05, 0.1) is 5.69 Å². The van der Waals surface area contributed by atoms with Crippen LogP contribution in [0.3, 0.4) is 0 Å². The predicted octanol–water partition coefficient (Wildman–Crippen LogP) is 1.56. The molecule has 106 valence electrons. The molecule has 0 radical (unpaired) electrons. The van der Waals surface area contributed by atoms with Gasteiger partial charge >= 0.3 is 0 Å². The Balaban J connectivity index is 2.28. The highest BCUT2D eigenvalue weighted by Crippen LogP contribution is 2.21. The van der Waals surface area contributed by atoms with E-state index in [1.807, 2.05) is 0 Å². The van der Waals surface area contributed by atoms with Gasteiger partial charge in [-0.05, 0) is 30.7 Å². The van der Waals surface area contributed by atoms with Gasteiger partial charge in [-0.25, -0.2) is 13.1 Å². The number of hydrogen-bond donors (Lipinski definition) is 2. The number of nitrogens with one attached hydrogen (secondary N) is 2. The maximum atomic E-state index is 12.4. The van der Waals surface area contributed by atoms with Crippen LogP contribution in [-0.2, 0) is 10.0 Å². The van der Waals surface area contributed by atoms with E-state index in [4.69, 9.17) is 0 Å². The summed E-state index contributed by atoms with van der Waals surface area (Å²) in [5, 5.41) is 2.85. The van der Waals surface area contributed by atoms with Gasteiger partial charge in [0.1, 0.15) is 4.90 Å². The highest BCUT2D eigenvalue weighted by atomic mass is 32.2. The van der Waals surface area contributed by atoms with E-state index in [2.05, 4.69) is 20.0 Å². The van der Waals surface area contributed by atoms with Crippen LogP contribution in [0.5, 0.6) is 0 Å². The molecule has 0 saturated carbocycles. The van der Waals surface area contributed by atoms with Gasteiger partial charge in [0.25, 0.3) is 0 Å². The van der Waals surface area contributed by atoms with E-state index < -0.39 is 10.0 Å². The highest BCUT2D eigenvalue weighted by molar-refractivity contribution is 7.89. The minimum Gasteiger partial charge on any atom is -0.387 e. The Morgan fingerprint density at radius 2 is 1.75 bits per heavy atom. The van der Waals surface area contributed by atoms with E-state index >= 15 is 0 Å². The standard InChI is InChI=1S/C13H16N4O2S/c1-10(11-3-6-15-7-4-11)17-20(18,19)13-9-16-8-5-12(13)14-2/h3-10,17H,1-2H3,(H,14,16). The number of pyridine rings is 2. The van der Waals surface area contributed by atoms with Crippen molar-refractivity contribution in [2.45, 2.75) is 17.9 Å². The largest absolute Gasteiger partial charge is 0.387 e. The topological polar surface area (TPSA) is 84.0 Å². The van der Waals surface area contributed by atoms with Crippen molar-refractivity contribution in [3.63, 3.8) is 0 Å². The Hall–Kier alpha value is -1.99. The van der Waals surface area contributed by atoms with Crippen LogP contribution < -0.4 is 10.0 Å². The molecule has 7 heteroatoms. The average molecular weight is 292 g/mol. The summed E-state index contributed by atoms with van der Waals surface area (Å²) in [5.41, 5.74) is 1.35. The zero-order valence-corrected chi connectivity index (χ0v) is 12.1. The molecule has 2 N–H and O–H groups in total. The number of sulfonamides is 1. The van der Waals surface area contributed by atoms with Crippen LogP contribution in [-0.4, -0.2) is 25.4 Å². The second-order valence-electron chi connectivity index (χ2n) is 4.25. The molecule has 6 nitrogen and oxygen atoms in total. The number of rotatable bonds is 5. The normalized spacial score (nSPS) is 12.9.